The molecule has 1 aliphatic heterocycles. The van der Waals surface area contributed by atoms with Gasteiger partial charge < -0.3 is 9.80 Å². The zero-order valence-electron chi connectivity index (χ0n) is 21.9. The summed E-state index contributed by atoms with van der Waals surface area (Å²) in [6.45, 7) is 1.46. The maximum Gasteiger partial charge on any atom is 0.321 e. The molecule has 8 heteroatoms. The van der Waals surface area contributed by atoms with Crippen molar-refractivity contribution in [1.82, 2.24) is 24.7 Å². The topological polar surface area (TPSA) is 93.4 Å². The molecule has 0 bridgehead atoms. The summed E-state index contributed by atoms with van der Waals surface area (Å²) < 4.78 is 0. The minimum Gasteiger partial charge on any atom is -0.317 e. The number of hydrogen-bond acceptors (Lipinski definition) is 6. The molecule has 3 aliphatic rings. The van der Waals surface area contributed by atoms with Gasteiger partial charge in [-0.2, -0.15) is 5.26 Å². The van der Waals surface area contributed by atoms with Crippen molar-refractivity contribution in [2.24, 2.45) is 5.92 Å². The SMILES string of the molecule is CN(C)C1(c2ccccc2)CCC2(CC1)CN(CC(=O)Cc1ncc(C#N)cn1)C(=O)N2CC1CCC1. The van der Waals surface area contributed by atoms with Gasteiger partial charge in [-0.15, -0.1) is 0 Å². The molecule has 2 heterocycles. The summed E-state index contributed by atoms with van der Waals surface area (Å²) in [6.07, 6.45) is 10.3. The van der Waals surface area contributed by atoms with Crippen LogP contribution in [0.1, 0.15) is 61.9 Å². The van der Waals surface area contributed by atoms with Crippen LogP contribution in [0.3, 0.4) is 0 Å². The molecule has 2 aliphatic carbocycles. The molecule has 0 radical (unpaired) electrons. The van der Waals surface area contributed by atoms with Crippen molar-refractivity contribution in [3.8, 4) is 6.07 Å². The Morgan fingerprint density at radius 2 is 1.78 bits per heavy atom. The van der Waals surface area contributed by atoms with Crippen molar-refractivity contribution < 1.29 is 9.59 Å². The maximum absolute atomic E-state index is 13.7. The van der Waals surface area contributed by atoms with Crippen molar-refractivity contribution in [2.75, 3.05) is 33.7 Å². The third kappa shape index (κ3) is 4.85. The molecule has 8 nitrogen and oxygen atoms in total. The van der Waals surface area contributed by atoms with Crippen LogP contribution in [0.5, 0.6) is 0 Å². The molecule has 1 saturated heterocycles. The number of benzene rings is 1. The standard InChI is InChI=1S/C29H36N6O2/c1-33(2)29(24-9-4-3-5-10-24)13-11-28(12-14-29)21-34(27(37)35(28)19-22-7-6-8-22)20-25(36)15-26-31-17-23(16-30)18-32-26/h3-5,9-10,17-18,22H,6-8,11-15,19-21H2,1-2H3. The van der Waals surface area contributed by atoms with Crippen LogP contribution < -0.4 is 0 Å². The van der Waals surface area contributed by atoms with Gasteiger partial charge in [0.1, 0.15) is 11.9 Å². The smallest absolute Gasteiger partial charge is 0.317 e. The second-order valence-electron chi connectivity index (χ2n) is 11.3. The van der Waals surface area contributed by atoms with Gasteiger partial charge in [-0.1, -0.05) is 36.8 Å². The predicted molar refractivity (Wildman–Crippen MR) is 139 cm³/mol. The highest BCUT2D eigenvalue weighted by Crippen LogP contribution is 2.49. The fourth-order valence-electron chi connectivity index (χ4n) is 6.46. The Morgan fingerprint density at radius 3 is 2.35 bits per heavy atom. The number of urea groups is 1. The fraction of sp³-hybridized carbons (Fsp3) is 0.552. The summed E-state index contributed by atoms with van der Waals surface area (Å²) in [5.74, 6) is 0.868. The monoisotopic (exact) mass is 500 g/mol. The van der Waals surface area contributed by atoms with Crippen LogP contribution >= 0.6 is 0 Å². The third-order valence-electron chi connectivity index (χ3n) is 8.96. The Labute approximate surface area is 219 Å². The number of ketones is 1. The number of rotatable bonds is 8. The lowest BCUT2D eigenvalue weighted by Crippen LogP contribution is -2.56. The number of Topliss-reactive ketones (excluding diaryl/α,β-unsaturated/α-hetero) is 1. The summed E-state index contributed by atoms with van der Waals surface area (Å²) in [5.41, 5.74) is 1.42. The first-order chi connectivity index (χ1) is 17.8. The van der Waals surface area contributed by atoms with Crippen LogP contribution in [0.25, 0.3) is 0 Å². The van der Waals surface area contributed by atoms with E-state index in [4.69, 9.17) is 5.26 Å². The maximum atomic E-state index is 13.7. The van der Waals surface area contributed by atoms with E-state index in [2.05, 4.69) is 64.2 Å². The van der Waals surface area contributed by atoms with Gasteiger partial charge in [-0.25, -0.2) is 14.8 Å². The van der Waals surface area contributed by atoms with Crippen LogP contribution in [0.15, 0.2) is 42.7 Å². The van der Waals surface area contributed by atoms with Gasteiger partial charge in [0, 0.05) is 31.0 Å². The molecular weight excluding hydrogens is 464 g/mol. The molecule has 3 fully saturated rings. The van der Waals surface area contributed by atoms with Crippen LogP contribution in [0.4, 0.5) is 4.79 Å². The van der Waals surface area contributed by atoms with E-state index in [1.165, 1.54) is 37.2 Å². The Kier molecular flexibility index (Phi) is 7.00. The second-order valence-corrected chi connectivity index (χ2v) is 11.3. The highest BCUT2D eigenvalue weighted by Gasteiger charge is 2.55. The highest BCUT2D eigenvalue weighted by atomic mass is 16.2. The number of hydrogen-bond donors (Lipinski definition) is 0. The van der Waals surface area contributed by atoms with Crippen molar-refractivity contribution in [3.63, 3.8) is 0 Å². The number of nitrogens with zero attached hydrogens (tertiary/aromatic N) is 6. The van der Waals surface area contributed by atoms with Crippen molar-refractivity contribution in [1.29, 1.82) is 5.26 Å². The zero-order valence-corrected chi connectivity index (χ0v) is 21.9. The summed E-state index contributed by atoms with van der Waals surface area (Å²) in [6, 6.07) is 12.7. The van der Waals surface area contributed by atoms with Gasteiger partial charge >= 0.3 is 6.03 Å². The average Bonchev–Trinajstić information content (AvgIpc) is 3.12. The lowest BCUT2D eigenvalue weighted by Gasteiger charge is -2.51. The average molecular weight is 501 g/mol. The number of amides is 2. The van der Waals surface area contributed by atoms with E-state index in [-0.39, 0.29) is 35.9 Å². The van der Waals surface area contributed by atoms with E-state index in [0.717, 1.165) is 32.2 Å². The Balaban J connectivity index is 1.33. The molecule has 0 N–H and O–H groups in total. The first-order valence-electron chi connectivity index (χ1n) is 13.4. The van der Waals surface area contributed by atoms with E-state index in [0.29, 0.717) is 23.9 Å². The van der Waals surface area contributed by atoms with Crippen LogP contribution in [0, 0.1) is 17.2 Å². The van der Waals surface area contributed by atoms with Crippen molar-refractivity contribution in [2.45, 2.75) is 62.4 Å². The molecule has 194 valence electrons. The van der Waals surface area contributed by atoms with Gasteiger partial charge in [0.05, 0.1) is 24.1 Å². The molecule has 5 rings (SSSR count). The molecule has 1 aromatic carbocycles. The minimum atomic E-state index is -0.230. The lowest BCUT2D eigenvalue weighted by atomic mass is 9.68. The van der Waals surface area contributed by atoms with E-state index in [9.17, 15) is 9.59 Å². The number of carbonyl (C=O) groups excluding carboxylic acids is 2. The van der Waals surface area contributed by atoms with Crippen LogP contribution in [-0.2, 0) is 16.8 Å². The lowest BCUT2D eigenvalue weighted by molar-refractivity contribution is -0.119. The van der Waals surface area contributed by atoms with Crippen molar-refractivity contribution in [3.05, 3.63) is 59.7 Å². The number of aromatic nitrogens is 2. The van der Waals surface area contributed by atoms with E-state index >= 15 is 0 Å². The molecule has 0 unspecified atom stereocenters. The number of carbonyl (C=O) groups is 2. The van der Waals surface area contributed by atoms with E-state index in [1.807, 2.05) is 6.07 Å². The third-order valence-corrected chi connectivity index (χ3v) is 8.96. The van der Waals surface area contributed by atoms with Gasteiger partial charge in [0.25, 0.3) is 0 Å². The van der Waals surface area contributed by atoms with Gasteiger partial charge in [-0.05, 0) is 64.1 Å². The molecule has 1 spiro atoms. The highest BCUT2D eigenvalue weighted by molar-refractivity contribution is 5.88. The molecule has 37 heavy (non-hydrogen) atoms. The normalized spacial score (nSPS) is 25.9. The van der Waals surface area contributed by atoms with Crippen LogP contribution in [-0.4, -0.2) is 75.8 Å². The Bertz CT molecular complexity index is 1160. The van der Waals surface area contributed by atoms with Gasteiger partial charge in [-0.3, -0.25) is 9.69 Å². The zero-order chi connectivity index (χ0) is 26.0. The largest absolute Gasteiger partial charge is 0.321 e. The summed E-state index contributed by atoms with van der Waals surface area (Å²) in [5, 5.41) is 8.94. The van der Waals surface area contributed by atoms with Gasteiger partial charge in [0.2, 0.25) is 0 Å². The Hall–Kier alpha value is -3.31. The molecule has 1 aromatic heterocycles. The predicted octanol–water partition coefficient (Wildman–Crippen LogP) is 3.77. The molecule has 2 saturated carbocycles. The molecule has 2 aromatic rings. The molecule has 0 atom stereocenters. The summed E-state index contributed by atoms with van der Waals surface area (Å²) in [7, 11) is 4.32. The summed E-state index contributed by atoms with van der Waals surface area (Å²) in [4.78, 5) is 41.2. The molecular formula is C29H36N6O2. The number of nitriles is 1. The Morgan fingerprint density at radius 1 is 1.11 bits per heavy atom. The summed E-state index contributed by atoms with van der Waals surface area (Å²) >= 11 is 0. The quantitative estimate of drug-likeness (QED) is 0.548. The van der Waals surface area contributed by atoms with Gasteiger partial charge in [0.15, 0.2) is 5.78 Å². The van der Waals surface area contributed by atoms with E-state index in [1.54, 1.807) is 4.90 Å². The first kappa shape index (κ1) is 25.3. The van der Waals surface area contributed by atoms with Crippen molar-refractivity contribution >= 4 is 11.8 Å². The minimum absolute atomic E-state index is 0.00180. The molecule has 2 amide bonds. The van der Waals surface area contributed by atoms with E-state index < -0.39 is 0 Å². The first-order valence-corrected chi connectivity index (χ1v) is 13.4. The van der Waals surface area contributed by atoms with Crippen LogP contribution in [0.2, 0.25) is 0 Å². The second kappa shape index (κ2) is 10.2. The fourth-order valence-corrected chi connectivity index (χ4v) is 6.46.